The van der Waals surface area contributed by atoms with E-state index in [1.807, 2.05) is 0 Å². The molecular formula is C84H154O28Si7. The molecule has 14 bridgehead atoms. The summed E-state index contributed by atoms with van der Waals surface area (Å²) in [4.78, 5) is 0. The van der Waals surface area contributed by atoms with Crippen molar-refractivity contribution < 1.29 is 130 Å². The van der Waals surface area contributed by atoms with Crippen molar-refractivity contribution in [2.75, 3.05) is 46.2 Å². The summed E-state index contributed by atoms with van der Waals surface area (Å²) in [5.74, 6) is 0. The maximum atomic E-state index is 7.35. The van der Waals surface area contributed by atoms with E-state index in [0.29, 0.717) is 0 Å². The van der Waals surface area contributed by atoms with Gasteiger partial charge in [-0.05, 0) is 127 Å². The lowest BCUT2D eigenvalue weighted by molar-refractivity contribution is -0.315. The van der Waals surface area contributed by atoms with E-state index in [4.69, 9.17) is 130 Å². The van der Waals surface area contributed by atoms with E-state index in [-0.39, 0.29) is 81.5 Å². The third-order valence-corrected chi connectivity index (χ3v) is 63.2. The average Bonchev–Trinajstić information content (AvgIpc) is 1.57. The lowest BCUT2D eigenvalue weighted by Gasteiger charge is -2.44. The van der Waals surface area contributed by atoms with E-state index in [0.717, 1.165) is 0 Å². The first-order valence-corrected chi connectivity index (χ1v) is 65.1. The second kappa shape index (κ2) is 32.4. The molecule has 0 spiro atoms. The fourth-order valence-corrected chi connectivity index (χ4v) is 22.7. The van der Waals surface area contributed by atoms with Gasteiger partial charge in [-0.25, -0.2) is 0 Å². The van der Waals surface area contributed by atoms with Crippen LogP contribution in [0.25, 0.3) is 0 Å². The van der Waals surface area contributed by atoms with Gasteiger partial charge in [0.25, 0.3) is 0 Å². The maximum Gasteiger partial charge on any atom is 0.192 e. The van der Waals surface area contributed by atoms with Crippen molar-refractivity contribution in [2.24, 2.45) is 0 Å². The predicted octanol–water partition coefficient (Wildman–Crippen LogP) is 13.3. The van der Waals surface area contributed by atoms with E-state index in [9.17, 15) is 0 Å². The number of epoxide rings is 7. The molecule has 0 N–H and O–H groups in total. The number of hydrogen-bond acceptors (Lipinski definition) is 28. The molecule has 0 radical (unpaired) electrons. The SMILES string of the molecule is CC(C)(C)[Si](C)(C)OC[C@H]1O[C@@H]2O[C@H]3[C@@H]4O[C@@H]4[C@@H](O[C@H]4[C@@H]5O[C@@H]5[C@@H](O[C@H]5[C@H]6O[C@@H]6[C@@H](O[C@H]6[C@@H]7O[C@@H]7[C@@H](O[C@H]7[C@@H]8O[C@@H]8[C@@H](O[C@H]8[C@@H]9O[C@@H]9[C@@H](O[C@H]1[C@@H]1O[C@H]21)O[C@@H]8CO[Si](C)(C)C(C)(C)C)O[C@@H]7CO[Si](C)(C)C(C)(C)C)O[C@@H]6CO[Si](C)(C)C(C)(C)C)O[C@@H]5CO[Si](C)(C)C(C)(C)C)O[C@@H]4CO[Si](C)(C)C(C)(C)C)O[C@@H]3CO[Si](C)(C)C(C)(C)C. The Kier molecular flexibility index (Phi) is 25.6. The van der Waals surface area contributed by atoms with E-state index >= 15 is 0 Å². The number of rotatable bonds is 21. The van der Waals surface area contributed by atoms with Crippen LogP contribution in [0.2, 0.25) is 127 Å². The van der Waals surface area contributed by atoms with E-state index in [1.165, 1.54) is 0 Å². The van der Waals surface area contributed by atoms with Gasteiger partial charge in [-0.3, -0.25) is 0 Å². The molecule has 0 aromatic heterocycles. The molecule has 22 heterocycles. The molecular weight excluding hydrogens is 1650 g/mol. The molecule has 0 saturated carbocycles. The molecule has 0 aliphatic carbocycles. The summed E-state index contributed by atoms with van der Waals surface area (Å²) in [5, 5.41) is -0.874. The first-order valence-electron chi connectivity index (χ1n) is 44.8. The summed E-state index contributed by atoms with van der Waals surface area (Å²) < 4.78 is 200. The molecule has 0 aromatic rings. The zero-order valence-corrected chi connectivity index (χ0v) is 85.6. The van der Waals surface area contributed by atoms with Crippen LogP contribution in [-0.4, -0.2) is 319 Å². The zero-order valence-electron chi connectivity index (χ0n) is 78.6. The van der Waals surface area contributed by atoms with Gasteiger partial charge in [-0.1, -0.05) is 145 Å². The first-order chi connectivity index (χ1) is 54.6. The molecule has 22 aliphatic heterocycles. The van der Waals surface area contributed by atoms with Crippen molar-refractivity contribution in [1.82, 2.24) is 0 Å². The normalized spacial score (nSPS) is 43.9. The van der Waals surface area contributed by atoms with Crippen molar-refractivity contribution in [3.63, 3.8) is 0 Å². The fraction of sp³-hybridized carbons (Fsp3) is 1.00. The van der Waals surface area contributed by atoms with Crippen LogP contribution in [0, 0.1) is 0 Å². The molecule has 22 fully saturated rings. The van der Waals surface area contributed by atoms with Gasteiger partial charge in [0.15, 0.2) is 102 Å². The van der Waals surface area contributed by atoms with E-state index < -0.39 is 273 Å². The van der Waals surface area contributed by atoms with Gasteiger partial charge in [0, 0.05) is 0 Å². The van der Waals surface area contributed by atoms with Crippen LogP contribution in [0.4, 0.5) is 0 Å². The van der Waals surface area contributed by atoms with Gasteiger partial charge in [0.1, 0.15) is 171 Å². The quantitative estimate of drug-likeness (QED) is 0.0762. The maximum absolute atomic E-state index is 7.35. The van der Waals surface area contributed by atoms with Crippen LogP contribution in [-0.2, 0) is 130 Å². The molecule has 22 saturated heterocycles. The minimum Gasteiger partial charge on any atom is -0.414 e. The predicted molar refractivity (Wildman–Crippen MR) is 457 cm³/mol. The van der Waals surface area contributed by atoms with Crippen molar-refractivity contribution in [1.29, 1.82) is 0 Å². The summed E-state index contributed by atoms with van der Waals surface area (Å²) in [7, 11) is -16.9. The van der Waals surface area contributed by atoms with Crippen molar-refractivity contribution in [3.8, 4) is 0 Å². The van der Waals surface area contributed by atoms with Gasteiger partial charge in [0.05, 0.1) is 46.2 Å². The van der Waals surface area contributed by atoms with Crippen LogP contribution >= 0.6 is 0 Å². The zero-order chi connectivity index (χ0) is 87.0. The Morgan fingerprint density at radius 1 is 0.143 bits per heavy atom. The highest BCUT2D eigenvalue weighted by atomic mass is 28.4. The number of fused-ring (bicyclic) bond motifs is 6. The van der Waals surface area contributed by atoms with Gasteiger partial charge < -0.3 is 130 Å². The Morgan fingerprint density at radius 3 is 0.336 bits per heavy atom. The smallest absolute Gasteiger partial charge is 0.192 e. The van der Waals surface area contributed by atoms with Crippen molar-refractivity contribution in [2.45, 2.75) is 487 Å². The van der Waals surface area contributed by atoms with Crippen LogP contribution in [0.1, 0.15) is 145 Å². The molecule has 22 aliphatic rings. The molecule has 0 aromatic carbocycles. The Labute approximate surface area is 718 Å². The monoisotopic (exact) mass is 1810 g/mol. The third-order valence-electron chi connectivity index (χ3n) is 31.7. The molecule has 0 unspecified atom stereocenters. The fourth-order valence-electron chi connectivity index (χ4n) is 15.6. The highest BCUT2D eigenvalue weighted by molar-refractivity contribution is 6.76. The summed E-state index contributed by atoms with van der Waals surface area (Å²) in [6.07, 6.45) is -22.8. The van der Waals surface area contributed by atoms with Gasteiger partial charge >= 0.3 is 0 Å². The van der Waals surface area contributed by atoms with Gasteiger partial charge in [0.2, 0.25) is 0 Å². The molecule has 686 valence electrons. The van der Waals surface area contributed by atoms with Crippen LogP contribution in [0.3, 0.4) is 0 Å². The molecule has 0 amide bonds. The lowest BCUT2D eigenvalue weighted by atomic mass is 10.0. The number of hydrogen-bond donors (Lipinski definition) is 0. The van der Waals surface area contributed by atoms with Gasteiger partial charge in [-0.2, -0.15) is 0 Å². The molecule has 22 rings (SSSR count). The second-order valence-electron chi connectivity index (χ2n) is 47.5. The Morgan fingerprint density at radius 2 is 0.244 bits per heavy atom. The summed E-state index contributed by atoms with van der Waals surface area (Å²) >= 11 is 0. The third kappa shape index (κ3) is 19.4. The van der Waals surface area contributed by atoms with Crippen molar-refractivity contribution >= 4 is 58.2 Å². The Bertz CT molecular complexity index is 2900. The molecule has 35 heteroatoms. The summed E-state index contributed by atoms with van der Waals surface area (Å²) in [6.45, 7) is 79.6. The Hall–Kier alpha value is 0.398. The molecule has 35 atom stereocenters. The number of ether oxygens (including phenoxy) is 21. The second-order valence-corrected chi connectivity index (χ2v) is 81.1. The van der Waals surface area contributed by atoms with Crippen LogP contribution in [0.15, 0.2) is 0 Å². The van der Waals surface area contributed by atoms with Crippen molar-refractivity contribution in [3.05, 3.63) is 0 Å². The highest BCUT2D eigenvalue weighted by Crippen LogP contribution is 2.56. The minimum atomic E-state index is -2.42. The standard InChI is InChI=1S/C84H154O28Si7/c1-78(2,3)113(22,23)85-36-43-50-57-64(99-57)71(92-43)107-51-44(37-86-114(24,25)79(4,5)6)94-73(66-58(51)101-66)109-53-46(39-88-116(28,29)81(10,11)12)96-75(68-60(53)103-68)111-55-48(41-90-118(32,33)83(16,17)18)98-77(70-62(55)105-70)112-56-49(42-91-119(34,35)84(19,20)21)97-76(69-63(56)104-69)110-54-47(40-89-117(30,31)82(13,14)15)95-74(67-61(54)102-67)108-52-45(38-87-115(26,27)80(7,8)9)93-72(106-50)65-59(52)100-65/h43-77H,36-42H2,1-35H3/t43-,44-,45-,46-,47-,48-,49-,50-,51-,52-,53-,54-,55-,56-,57-,58+,59+,60+,61+,62+,63+,64+,65+,66+,67+,68+,69+,70+,71-,72-,73-,74-,75-,76-,77-/m1/s1. The largest absolute Gasteiger partial charge is 0.414 e. The molecule has 28 nitrogen and oxygen atoms in total. The van der Waals surface area contributed by atoms with Crippen LogP contribution < -0.4 is 0 Å². The van der Waals surface area contributed by atoms with E-state index in [1.54, 1.807) is 0 Å². The first kappa shape index (κ1) is 94.1. The van der Waals surface area contributed by atoms with E-state index in [2.05, 4.69) is 237 Å². The topological polar surface area (TPSA) is 282 Å². The highest BCUT2D eigenvalue weighted by Gasteiger charge is 2.73. The van der Waals surface area contributed by atoms with Crippen LogP contribution in [0.5, 0.6) is 0 Å². The lowest BCUT2D eigenvalue weighted by Crippen LogP contribution is -2.59. The summed E-state index contributed by atoms with van der Waals surface area (Å²) in [6, 6.07) is 0. The average molecular weight is 1810 g/mol. The van der Waals surface area contributed by atoms with Gasteiger partial charge in [-0.15, -0.1) is 0 Å². The Balaban J connectivity index is 0.782. The summed E-state index contributed by atoms with van der Waals surface area (Å²) in [5.41, 5.74) is 0. The molecule has 119 heavy (non-hydrogen) atoms. The minimum absolute atomic E-state index is 0.125.